The molecule has 1 fully saturated rings. The van der Waals surface area contributed by atoms with Crippen molar-refractivity contribution in [3.8, 4) is 28.4 Å². The molecule has 0 aliphatic carbocycles. The van der Waals surface area contributed by atoms with Crippen molar-refractivity contribution in [2.75, 3.05) is 41.7 Å². The summed E-state index contributed by atoms with van der Waals surface area (Å²) in [7, 11) is 0. The zero-order valence-electron chi connectivity index (χ0n) is 26.9. The third-order valence-corrected chi connectivity index (χ3v) is 8.67. The first-order valence-electron chi connectivity index (χ1n) is 16.0. The first kappa shape index (κ1) is 31.7. The Balaban J connectivity index is 1.17. The molecule has 10 nitrogen and oxygen atoms in total. The van der Waals surface area contributed by atoms with E-state index < -0.39 is 23.2 Å². The SMILES string of the molecule is CC(C)N1CCN(c2ccc(Nc3nccc(-c4c(-c5cccc(C(=O)Nc6c(F)cccc6F)c5)nc5ccccn45)n3)c(O)c2)CC1. The van der Waals surface area contributed by atoms with Gasteiger partial charge in [0.2, 0.25) is 5.95 Å². The molecule has 0 spiro atoms. The number of phenolic OH excluding ortho intramolecular Hbond substituents is 1. The monoisotopic (exact) mass is 660 g/mol. The number of pyridine rings is 1. The lowest BCUT2D eigenvalue weighted by Crippen LogP contribution is -2.48. The number of fused-ring (bicyclic) bond motifs is 1. The number of aromatic hydroxyl groups is 1. The Morgan fingerprint density at radius 1 is 0.878 bits per heavy atom. The summed E-state index contributed by atoms with van der Waals surface area (Å²) in [6.45, 7) is 8.11. The highest BCUT2D eigenvalue weighted by Gasteiger charge is 2.22. The number of anilines is 4. The zero-order chi connectivity index (χ0) is 34.1. The van der Waals surface area contributed by atoms with E-state index in [0.29, 0.717) is 40.0 Å². The van der Waals surface area contributed by atoms with Crippen LogP contribution in [-0.2, 0) is 0 Å². The van der Waals surface area contributed by atoms with Gasteiger partial charge in [0.15, 0.2) is 0 Å². The average Bonchev–Trinajstić information content (AvgIpc) is 3.51. The highest BCUT2D eigenvalue weighted by atomic mass is 19.1. The number of piperazine rings is 1. The quantitative estimate of drug-likeness (QED) is 0.150. The molecule has 0 saturated carbocycles. The maximum Gasteiger partial charge on any atom is 0.255 e. The number of amides is 1. The van der Waals surface area contributed by atoms with Gasteiger partial charge < -0.3 is 20.6 Å². The number of nitrogens with zero attached hydrogens (tertiary/aromatic N) is 6. The Morgan fingerprint density at radius 3 is 2.41 bits per heavy atom. The summed E-state index contributed by atoms with van der Waals surface area (Å²) in [5, 5.41) is 16.4. The van der Waals surface area contributed by atoms with Crippen LogP contribution in [0.2, 0.25) is 0 Å². The molecule has 3 N–H and O–H groups in total. The van der Waals surface area contributed by atoms with E-state index >= 15 is 0 Å². The molecule has 3 aromatic carbocycles. The van der Waals surface area contributed by atoms with Crippen LogP contribution in [0.4, 0.5) is 31.8 Å². The summed E-state index contributed by atoms with van der Waals surface area (Å²) in [6.07, 6.45) is 3.47. The Labute approximate surface area is 281 Å². The van der Waals surface area contributed by atoms with Crippen LogP contribution in [0.25, 0.3) is 28.3 Å². The molecule has 7 rings (SSSR count). The van der Waals surface area contributed by atoms with E-state index in [2.05, 4.69) is 39.3 Å². The number of benzene rings is 3. The molecule has 4 heterocycles. The number of para-hydroxylation sites is 1. The lowest BCUT2D eigenvalue weighted by Gasteiger charge is -2.38. The molecule has 0 bridgehead atoms. The molecular formula is C37H34F2N8O2. The topological polar surface area (TPSA) is 111 Å². The van der Waals surface area contributed by atoms with E-state index in [9.17, 15) is 18.7 Å². The molecule has 0 radical (unpaired) electrons. The van der Waals surface area contributed by atoms with E-state index in [-0.39, 0.29) is 17.3 Å². The minimum absolute atomic E-state index is 0.0821. The second-order valence-corrected chi connectivity index (χ2v) is 12.1. The van der Waals surface area contributed by atoms with Gasteiger partial charge in [0, 0.05) is 67.5 Å². The Hall–Kier alpha value is -5.88. The van der Waals surface area contributed by atoms with Crippen molar-refractivity contribution in [1.82, 2.24) is 24.3 Å². The van der Waals surface area contributed by atoms with E-state index in [0.717, 1.165) is 44.0 Å². The number of rotatable bonds is 8. The number of hydrogen-bond acceptors (Lipinski definition) is 8. The van der Waals surface area contributed by atoms with Crippen molar-refractivity contribution >= 4 is 34.6 Å². The van der Waals surface area contributed by atoms with Gasteiger partial charge in [0.25, 0.3) is 5.91 Å². The molecule has 0 atom stereocenters. The third kappa shape index (κ3) is 6.50. The van der Waals surface area contributed by atoms with Gasteiger partial charge in [-0.05, 0) is 68.4 Å². The maximum absolute atomic E-state index is 14.2. The summed E-state index contributed by atoms with van der Waals surface area (Å²) < 4.78 is 30.4. The van der Waals surface area contributed by atoms with Gasteiger partial charge in [0.05, 0.1) is 22.8 Å². The van der Waals surface area contributed by atoms with E-state index in [1.54, 1.807) is 42.6 Å². The molecule has 49 heavy (non-hydrogen) atoms. The number of carbonyl (C=O) groups is 1. The molecule has 12 heteroatoms. The van der Waals surface area contributed by atoms with Gasteiger partial charge >= 0.3 is 0 Å². The number of hydrogen-bond donors (Lipinski definition) is 3. The number of nitrogens with one attached hydrogen (secondary N) is 2. The zero-order valence-corrected chi connectivity index (χ0v) is 26.9. The summed E-state index contributed by atoms with van der Waals surface area (Å²) in [5.74, 6) is -2.07. The molecule has 1 amide bonds. The van der Waals surface area contributed by atoms with Crippen molar-refractivity contribution in [2.45, 2.75) is 19.9 Å². The van der Waals surface area contributed by atoms with Gasteiger partial charge in [-0.15, -0.1) is 0 Å². The van der Waals surface area contributed by atoms with Crippen LogP contribution >= 0.6 is 0 Å². The number of imidazole rings is 1. The number of carbonyl (C=O) groups excluding carboxylic acids is 1. The smallest absolute Gasteiger partial charge is 0.255 e. The first-order valence-corrected chi connectivity index (χ1v) is 16.0. The second-order valence-electron chi connectivity index (χ2n) is 12.1. The van der Waals surface area contributed by atoms with Gasteiger partial charge in [0.1, 0.15) is 28.7 Å². The molecule has 1 aliphatic heterocycles. The fourth-order valence-corrected chi connectivity index (χ4v) is 6.04. The third-order valence-electron chi connectivity index (χ3n) is 8.67. The van der Waals surface area contributed by atoms with Gasteiger partial charge in [-0.2, -0.15) is 0 Å². The standard InChI is InChI=1S/C37H34F2N8O2/c1-23(2)45-17-19-46(20-18-45)26-12-13-29(31(48)22-26)41-37-40-15-14-30(42-37)35-33(43-32-11-3-4-16-47(32)35)24-7-5-8-25(21-24)36(49)44-34-27(38)9-6-10-28(34)39/h3-16,21-23,48H,17-20H2,1-2H3,(H,44,49)(H,40,41,42). The van der Waals surface area contributed by atoms with Gasteiger partial charge in [-0.3, -0.25) is 14.1 Å². The van der Waals surface area contributed by atoms with Crippen LogP contribution in [0.5, 0.6) is 5.75 Å². The fraction of sp³-hybridized carbons (Fsp3) is 0.189. The van der Waals surface area contributed by atoms with Crippen LogP contribution in [0.3, 0.4) is 0 Å². The summed E-state index contributed by atoms with van der Waals surface area (Å²) >= 11 is 0. The number of aromatic nitrogens is 4. The summed E-state index contributed by atoms with van der Waals surface area (Å²) in [4.78, 5) is 31.8. The molecule has 1 aliphatic rings. The minimum Gasteiger partial charge on any atom is -0.506 e. The first-order chi connectivity index (χ1) is 23.7. The van der Waals surface area contributed by atoms with Crippen molar-refractivity contribution in [3.63, 3.8) is 0 Å². The maximum atomic E-state index is 14.2. The second kappa shape index (κ2) is 13.3. The molecule has 3 aromatic heterocycles. The molecular weight excluding hydrogens is 626 g/mol. The van der Waals surface area contributed by atoms with Crippen LogP contribution in [0, 0.1) is 11.6 Å². The lowest BCUT2D eigenvalue weighted by molar-refractivity contribution is 0.102. The number of halogens is 2. The van der Waals surface area contributed by atoms with Crippen molar-refractivity contribution in [2.24, 2.45) is 0 Å². The molecule has 1 saturated heterocycles. The van der Waals surface area contributed by atoms with Crippen LogP contribution < -0.4 is 15.5 Å². The van der Waals surface area contributed by atoms with E-state index in [4.69, 9.17) is 9.97 Å². The fourth-order valence-electron chi connectivity index (χ4n) is 6.04. The predicted molar refractivity (Wildman–Crippen MR) is 186 cm³/mol. The van der Waals surface area contributed by atoms with Gasteiger partial charge in [-0.25, -0.2) is 23.7 Å². The Kier molecular flexibility index (Phi) is 8.62. The summed E-state index contributed by atoms with van der Waals surface area (Å²) in [6, 6.07) is 23.4. The predicted octanol–water partition coefficient (Wildman–Crippen LogP) is 6.97. The highest BCUT2D eigenvalue weighted by molar-refractivity contribution is 6.05. The largest absolute Gasteiger partial charge is 0.506 e. The lowest BCUT2D eigenvalue weighted by atomic mass is 10.0. The highest BCUT2D eigenvalue weighted by Crippen LogP contribution is 2.35. The van der Waals surface area contributed by atoms with Gasteiger partial charge in [-0.1, -0.05) is 24.3 Å². The van der Waals surface area contributed by atoms with Crippen molar-refractivity contribution < 1.29 is 18.7 Å². The normalized spacial score (nSPS) is 13.6. The Morgan fingerprint density at radius 2 is 1.65 bits per heavy atom. The van der Waals surface area contributed by atoms with Crippen LogP contribution in [0.15, 0.2) is 97.3 Å². The molecule has 6 aromatic rings. The number of phenols is 1. The average molecular weight is 661 g/mol. The Bertz CT molecular complexity index is 2140. The van der Waals surface area contributed by atoms with E-state index in [1.807, 2.05) is 40.9 Å². The summed E-state index contributed by atoms with van der Waals surface area (Å²) in [5.41, 5.74) is 4.03. The van der Waals surface area contributed by atoms with E-state index in [1.165, 1.54) is 6.07 Å². The molecule has 248 valence electrons. The van der Waals surface area contributed by atoms with Crippen LogP contribution in [-0.4, -0.2) is 67.5 Å². The minimum atomic E-state index is -0.871. The van der Waals surface area contributed by atoms with Crippen molar-refractivity contribution in [3.05, 3.63) is 115 Å². The molecule has 0 unspecified atom stereocenters. The van der Waals surface area contributed by atoms with Crippen LogP contribution in [0.1, 0.15) is 24.2 Å². The van der Waals surface area contributed by atoms with Crippen molar-refractivity contribution in [1.29, 1.82) is 0 Å².